The van der Waals surface area contributed by atoms with Gasteiger partial charge in [-0.05, 0) is 70.5 Å². The predicted octanol–water partition coefficient (Wildman–Crippen LogP) is 3.83. The molecule has 3 rings (SSSR count). The highest BCUT2D eigenvalue weighted by Gasteiger charge is 2.38. The van der Waals surface area contributed by atoms with Crippen molar-refractivity contribution in [2.75, 3.05) is 33.7 Å². The lowest BCUT2D eigenvalue weighted by Gasteiger charge is -2.45. The van der Waals surface area contributed by atoms with Crippen molar-refractivity contribution in [3.05, 3.63) is 35.9 Å². The molecule has 2 aliphatic rings. The highest BCUT2D eigenvalue weighted by molar-refractivity contribution is 5.74. The predicted molar refractivity (Wildman–Crippen MR) is 103 cm³/mol. The Morgan fingerprint density at radius 2 is 1.76 bits per heavy atom. The molecule has 1 N–H and O–H groups in total. The Bertz CT molecular complexity index is 544. The largest absolute Gasteiger partial charge is 0.338 e. The van der Waals surface area contributed by atoms with E-state index in [2.05, 4.69) is 54.6 Å². The van der Waals surface area contributed by atoms with Gasteiger partial charge in [0, 0.05) is 25.2 Å². The summed E-state index contributed by atoms with van der Waals surface area (Å²) in [5.74, 6) is 0.602. The third-order valence-electron chi connectivity index (χ3n) is 6.28. The Morgan fingerprint density at radius 1 is 1.12 bits per heavy atom. The van der Waals surface area contributed by atoms with Crippen LogP contribution < -0.4 is 5.32 Å². The van der Waals surface area contributed by atoms with Crippen LogP contribution in [0.3, 0.4) is 0 Å². The van der Waals surface area contributed by atoms with Crippen LogP contribution in [0.25, 0.3) is 0 Å². The number of hydrogen-bond acceptors (Lipinski definition) is 2. The third-order valence-corrected chi connectivity index (χ3v) is 6.28. The van der Waals surface area contributed by atoms with E-state index >= 15 is 0 Å². The topological polar surface area (TPSA) is 35.6 Å². The molecule has 0 bridgehead atoms. The zero-order valence-electron chi connectivity index (χ0n) is 15.8. The molecule has 4 heteroatoms. The van der Waals surface area contributed by atoms with Gasteiger partial charge in [0.15, 0.2) is 0 Å². The van der Waals surface area contributed by atoms with Crippen LogP contribution in [0.5, 0.6) is 0 Å². The summed E-state index contributed by atoms with van der Waals surface area (Å²) in [7, 11) is 4.40. The number of nitrogens with zero attached hydrogens (tertiary/aromatic N) is 2. The van der Waals surface area contributed by atoms with Crippen molar-refractivity contribution < 1.29 is 4.79 Å². The summed E-state index contributed by atoms with van der Waals surface area (Å²) in [5, 5.41) is 3.19. The van der Waals surface area contributed by atoms with Crippen molar-refractivity contribution >= 4 is 6.03 Å². The molecular weight excluding hydrogens is 310 g/mol. The van der Waals surface area contributed by atoms with Crippen molar-refractivity contribution in [2.45, 2.75) is 50.5 Å². The van der Waals surface area contributed by atoms with Crippen LogP contribution in [-0.4, -0.2) is 49.6 Å². The fraction of sp³-hybridized carbons (Fsp3) is 0.667. The number of hydrogen-bond donors (Lipinski definition) is 1. The molecule has 2 fully saturated rings. The first-order chi connectivity index (χ1) is 12.1. The summed E-state index contributed by atoms with van der Waals surface area (Å²) in [6.45, 7) is 2.68. The van der Waals surface area contributed by atoms with Crippen molar-refractivity contribution in [1.82, 2.24) is 15.1 Å². The van der Waals surface area contributed by atoms with Gasteiger partial charge >= 0.3 is 6.03 Å². The van der Waals surface area contributed by atoms with Crippen LogP contribution in [0.2, 0.25) is 0 Å². The minimum Gasteiger partial charge on any atom is -0.338 e. The summed E-state index contributed by atoms with van der Waals surface area (Å²) >= 11 is 0. The summed E-state index contributed by atoms with van der Waals surface area (Å²) in [6, 6.07) is 11.1. The van der Waals surface area contributed by atoms with E-state index in [1.165, 1.54) is 24.8 Å². The molecule has 1 aliphatic heterocycles. The smallest absolute Gasteiger partial charge is 0.317 e. The van der Waals surface area contributed by atoms with Crippen LogP contribution in [0.15, 0.2) is 30.3 Å². The minimum absolute atomic E-state index is 0.146. The summed E-state index contributed by atoms with van der Waals surface area (Å²) in [6.07, 6.45) is 8.24. The second-order valence-electron chi connectivity index (χ2n) is 7.97. The fourth-order valence-corrected chi connectivity index (χ4v) is 4.54. The number of benzene rings is 1. The lowest BCUT2D eigenvalue weighted by molar-refractivity contribution is 0.0770. The van der Waals surface area contributed by atoms with Crippen LogP contribution in [0, 0.1) is 5.92 Å². The van der Waals surface area contributed by atoms with E-state index in [0.717, 1.165) is 45.3 Å². The van der Waals surface area contributed by atoms with Gasteiger partial charge in [0.25, 0.3) is 0 Å². The van der Waals surface area contributed by atoms with Gasteiger partial charge < -0.3 is 10.2 Å². The average molecular weight is 344 g/mol. The maximum absolute atomic E-state index is 12.3. The van der Waals surface area contributed by atoms with Gasteiger partial charge in [-0.1, -0.05) is 30.3 Å². The van der Waals surface area contributed by atoms with E-state index in [0.29, 0.717) is 5.92 Å². The first kappa shape index (κ1) is 18.2. The van der Waals surface area contributed by atoms with Gasteiger partial charge in [-0.25, -0.2) is 4.79 Å². The van der Waals surface area contributed by atoms with Crippen molar-refractivity contribution in [2.24, 2.45) is 5.92 Å². The molecular formula is C21H33N3O. The standard InChI is InChI=1S/C21H33N3O/c1-23(2)21(19-9-5-3-6-10-19)13-11-18(12-14-21)17-22-20(25)24-15-7-4-8-16-24/h3,5-6,9-10,18H,4,7-8,11-17H2,1-2H3,(H,22,25). The van der Waals surface area contributed by atoms with Gasteiger partial charge in [0.2, 0.25) is 0 Å². The molecule has 25 heavy (non-hydrogen) atoms. The molecule has 1 saturated carbocycles. The van der Waals surface area contributed by atoms with E-state index in [-0.39, 0.29) is 11.6 Å². The molecule has 1 aromatic carbocycles. The second-order valence-corrected chi connectivity index (χ2v) is 7.97. The molecule has 0 aromatic heterocycles. The normalized spacial score (nSPS) is 27.3. The summed E-state index contributed by atoms with van der Waals surface area (Å²) in [4.78, 5) is 16.7. The Kier molecular flexibility index (Phi) is 6.00. The highest BCUT2D eigenvalue weighted by Crippen LogP contribution is 2.42. The van der Waals surface area contributed by atoms with Crippen LogP contribution >= 0.6 is 0 Å². The molecule has 138 valence electrons. The van der Waals surface area contributed by atoms with E-state index in [9.17, 15) is 4.79 Å². The molecule has 1 saturated heterocycles. The quantitative estimate of drug-likeness (QED) is 0.902. The van der Waals surface area contributed by atoms with Crippen LogP contribution in [-0.2, 0) is 5.54 Å². The van der Waals surface area contributed by atoms with E-state index in [1.54, 1.807) is 0 Å². The maximum atomic E-state index is 12.3. The lowest BCUT2D eigenvalue weighted by atomic mass is 9.72. The van der Waals surface area contributed by atoms with Crippen molar-refractivity contribution in [1.29, 1.82) is 0 Å². The highest BCUT2D eigenvalue weighted by atomic mass is 16.2. The Balaban J connectivity index is 1.53. The maximum Gasteiger partial charge on any atom is 0.317 e. The monoisotopic (exact) mass is 343 g/mol. The van der Waals surface area contributed by atoms with Crippen LogP contribution in [0.4, 0.5) is 4.79 Å². The number of rotatable bonds is 4. The number of nitrogens with one attached hydrogen (secondary N) is 1. The van der Waals surface area contributed by atoms with E-state index in [1.807, 2.05) is 4.90 Å². The molecule has 0 radical (unpaired) electrons. The number of amides is 2. The summed E-state index contributed by atoms with van der Waals surface area (Å²) in [5.41, 5.74) is 1.57. The zero-order valence-corrected chi connectivity index (χ0v) is 15.8. The van der Waals surface area contributed by atoms with Gasteiger partial charge in [-0.15, -0.1) is 0 Å². The van der Waals surface area contributed by atoms with Crippen molar-refractivity contribution in [3.8, 4) is 0 Å². The van der Waals surface area contributed by atoms with Gasteiger partial charge in [-0.3, -0.25) is 4.90 Å². The third kappa shape index (κ3) is 4.17. The Morgan fingerprint density at radius 3 is 2.36 bits per heavy atom. The molecule has 1 aromatic rings. The van der Waals surface area contributed by atoms with Gasteiger partial charge in [0.1, 0.15) is 0 Å². The average Bonchev–Trinajstić information content (AvgIpc) is 2.67. The first-order valence-electron chi connectivity index (χ1n) is 9.87. The SMILES string of the molecule is CN(C)C1(c2ccccc2)CCC(CNC(=O)N2CCCCC2)CC1. The lowest BCUT2D eigenvalue weighted by Crippen LogP contribution is -2.47. The molecule has 1 aliphatic carbocycles. The van der Waals surface area contributed by atoms with Crippen molar-refractivity contribution in [3.63, 3.8) is 0 Å². The Labute approximate surface area is 152 Å². The fourth-order valence-electron chi connectivity index (χ4n) is 4.54. The molecule has 0 unspecified atom stereocenters. The van der Waals surface area contributed by atoms with E-state index < -0.39 is 0 Å². The van der Waals surface area contributed by atoms with E-state index in [4.69, 9.17) is 0 Å². The number of likely N-dealkylation sites (tertiary alicyclic amines) is 1. The first-order valence-corrected chi connectivity index (χ1v) is 9.87. The zero-order chi connectivity index (χ0) is 17.7. The van der Waals surface area contributed by atoms with Gasteiger partial charge in [0.05, 0.1) is 0 Å². The molecule has 4 nitrogen and oxygen atoms in total. The number of carbonyl (C=O) groups excluding carboxylic acids is 1. The number of piperidine rings is 1. The second kappa shape index (κ2) is 8.22. The number of carbonyl (C=O) groups is 1. The Hall–Kier alpha value is -1.55. The number of urea groups is 1. The van der Waals surface area contributed by atoms with Crippen LogP contribution in [0.1, 0.15) is 50.5 Å². The summed E-state index contributed by atoms with van der Waals surface area (Å²) < 4.78 is 0. The minimum atomic E-state index is 0.146. The molecule has 0 spiro atoms. The van der Waals surface area contributed by atoms with Gasteiger partial charge in [-0.2, -0.15) is 0 Å². The molecule has 0 atom stereocenters. The molecule has 2 amide bonds. The molecule has 1 heterocycles.